The van der Waals surface area contributed by atoms with Gasteiger partial charge in [-0.2, -0.15) is 9.41 Å². The molecule has 0 aliphatic carbocycles. The molecule has 0 spiro atoms. The van der Waals surface area contributed by atoms with Crippen molar-refractivity contribution in [2.24, 2.45) is 5.10 Å². The summed E-state index contributed by atoms with van der Waals surface area (Å²) in [6.45, 7) is 7.96. The largest absolute Gasteiger partial charge is 0.372 e. The molecule has 0 saturated carbocycles. The Balaban J connectivity index is 1.45. The van der Waals surface area contributed by atoms with E-state index in [1.807, 2.05) is 29.2 Å². The van der Waals surface area contributed by atoms with Gasteiger partial charge >= 0.3 is 0 Å². The predicted molar refractivity (Wildman–Crippen MR) is 135 cm³/mol. The molecular formula is C23H30BrN5O3S. The fraction of sp³-hybridized carbons (Fsp3) is 0.391. The fourth-order valence-corrected chi connectivity index (χ4v) is 5.35. The zero-order valence-electron chi connectivity index (χ0n) is 18.9. The topological polar surface area (TPSA) is 85.3 Å². The first kappa shape index (κ1) is 25.4. The Kier molecular flexibility index (Phi) is 9.02. The number of hydrogen-bond donors (Lipinski definition) is 1. The molecule has 0 atom stereocenters. The molecule has 2 aromatic carbocycles. The summed E-state index contributed by atoms with van der Waals surface area (Å²) in [7, 11) is -3.53. The molecule has 1 aliphatic rings. The number of nitrogens with zero attached hydrogens (tertiary/aromatic N) is 4. The third-order valence-corrected chi connectivity index (χ3v) is 8.02. The summed E-state index contributed by atoms with van der Waals surface area (Å²) in [6.07, 6.45) is 1.62. The van der Waals surface area contributed by atoms with Crippen LogP contribution in [0.4, 0.5) is 5.69 Å². The van der Waals surface area contributed by atoms with Crippen LogP contribution in [0.15, 0.2) is 63.0 Å². The summed E-state index contributed by atoms with van der Waals surface area (Å²) >= 11 is 3.32. The number of sulfonamides is 1. The van der Waals surface area contributed by atoms with Gasteiger partial charge in [0.25, 0.3) is 5.91 Å². The maximum Gasteiger partial charge on any atom is 0.254 e. The molecule has 33 heavy (non-hydrogen) atoms. The highest BCUT2D eigenvalue weighted by molar-refractivity contribution is 9.10. The summed E-state index contributed by atoms with van der Waals surface area (Å²) in [6, 6.07) is 14.6. The Morgan fingerprint density at radius 2 is 1.64 bits per heavy atom. The first-order valence-electron chi connectivity index (χ1n) is 11.0. The Morgan fingerprint density at radius 3 is 2.21 bits per heavy atom. The number of nitrogens with one attached hydrogen (secondary N) is 1. The number of benzene rings is 2. The Morgan fingerprint density at radius 1 is 1.03 bits per heavy atom. The number of piperazine rings is 1. The van der Waals surface area contributed by atoms with Crippen LogP contribution in [0.2, 0.25) is 0 Å². The van der Waals surface area contributed by atoms with E-state index in [4.69, 9.17) is 0 Å². The molecule has 1 saturated heterocycles. The minimum atomic E-state index is -3.53. The number of rotatable bonds is 9. The van der Waals surface area contributed by atoms with Gasteiger partial charge < -0.3 is 4.90 Å². The molecule has 3 rings (SSSR count). The minimum absolute atomic E-state index is 0.171. The Bertz CT molecular complexity index is 1050. The molecule has 8 nitrogen and oxygen atoms in total. The zero-order valence-corrected chi connectivity index (χ0v) is 21.3. The highest BCUT2D eigenvalue weighted by atomic mass is 79.9. The zero-order chi connectivity index (χ0) is 23.8. The maximum absolute atomic E-state index is 12.8. The monoisotopic (exact) mass is 535 g/mol. The summed E-state index contributed by atoms with van der Waals surface area (Å²) in [4.78, 5) is 16.7. The standard InChI is InChI=1S/C23H30BrN5O3S/c1-3-28(4-2)21-9-5-19(6-10-21)17-25-26-23(30)18-27-13-15-29(16-14-27)33(31,32)22-11-7-20(24)8-12-22/h5-12,17H,3-4,13-16,18H2,1-2H3,(H,26,30)/b25-17+. The first-order chi connectivity index (χ1) is 15.8. The van der Waals surface area contributed by atoms with Crippen molar-refractivity contribution in [2.75, 3.05) is 50.7 Å². The number of carbonyl (C=O) groups is 1. The van der Waals surface area contributed by atoms with Crippen LogP contribution in [0.3, 0.4) is 0 Å². The van der Waals surface area contributed by atoms with E-state index in [-0.39, 0.29) is 17.3 Å². The summed E-state index contributed by atoms with van der Waals surface area (Å²) < 4.78 is 27.9. The third-order valence-electron chi connectivity index (χ3n) is 5.57. The second kappa shape index (κ2) is 11.7. The number of amides is 1. The maximum atomic E-state index is 12.8. The van der Waals surface area contributed by atoms with Crippen molar-refractivity contribution >= 4 is 43.8 Å². The van der Waals surface area contributed by atoms with Crippen LogP contribution in [0.1, 0.15) is 19.4 Å². The van der Waals surface area contributed by atoms with Gasteiger partial charge in [-0.15, -0.1) is 0 Å². The van der Waals surface area contributed by atoms with Crippen molar-refractivity contribution in [3.63, 3.8) is 0 Å². The van der Waals surface area contributed by atoms with Crippen molar-refractivity contribution in [1.29, 1.82) is 0 Å². The van der Waals surface area contributed by atoms with Crippen molar-refractivity contribution < 1.29 is 13.2 Å². The molecule has 1 N–H and O–H groups in total. The number of hydrazone groups is 1. The second-order valence-corrected chi connectivity index (χ2v) is 10.5. The van der Waals surface area contributed by atoms with Crippen molar-refractivity contribution in [3.8, 4) is 0 Å². The third kappa shape index (κ3) is 6.86. The fourth-order valence-electron chi connectivity index (χ4n) is 3.66. The van der Waals surface area contributed by atoms with Crippen LogP contribution in [-0.2, 0) is 14.8 Å². The van der Waals surface area contributed by atoms with E-state index in [9.17, 15) is 13.2 Å². The molecule has 1 fully saturated rings. The van der Waals surface area contributed by atoms with Gasteiger partial charge in [0.05, 0.1) is 17.7 Å². The molecule has 1 aliphatic heterocycles. The van der Waals surface area contributed by atoms with E-state index >= 15 is 0 Å². The summed E-state index contributed by atoms with van der Waals surface area (Å²) in [5, 5.41) is 4.05. The Hall–Kier alpha value is -2.27. The van der Waals surface area contributed by atoms with Crippen molar-refractivity contribution in [2.45, 2.75) is 18.7 Å². The lowest BCUT2D eigenvalue weighted by molar-refractivity contribution is -0.122. The quantitative estimate of drug-likeness (QED) is 0.394. The van der Waals surface area contributed by atoms with E-state index in [0.717, 1.165) is 28.8 Å². The molecule has 1 amide bonds. The predicted octanol–water partition coefficient (Wildman–Crippen LogP) is 2.75. The number of halogens is 1. The van der Waals surface area contributed by atoms with Crippen molar-refractivity contribution in [1.82, 2.24) is 14.6 Å². The van der Waals surface area contributed by atoms with Gasteiger partial charge in [0.15, 0.2) is 0 Å². The van der Waals surface area contributed by atoms with Gasteiger partial charge in [-0.25, -0.2) is 13.8 Å². The number of carbonyl (C=O) groups excluding carboxylic acids is 1. The SMILES string of the molecule is CCN(CC)c1ccc(/C=N/NC(=O)CN2CCN(S(=O)(=O)c3ccc(Br)cc3)CC2)cc1. The van der Waals surface area contributed by atoms with Crippen LogP contribution in [-0.4, -0.2) is 75.6 Å². The normalized spacial score (nSPS) is 15.6. The van der Waals surface area contributed by atoms with Gasteiger partial charge in [-0.3, -0.25) is 9.69 Å². The van der Waals surface area contributed by atoms with E-state index in [1.165, 1.54) is 4.31 Å². The van der Waals surface area contributed by atoms with Gasteiger partial charge in [0, 0.05) is 49.4 Å². The molecule has 1 heterocycles. The number of hydrogen-bond acceptors (Lipinski definition) is 6. The van der Waals surface area contributed by atoms with Crippen LogP contribution in [0.25, 0.3) is 0 Å². The molecule has 178 valence electrons. The van der Waals surface area contributed by atoms with Crippen LogP contribution >= 0.6 is 15.9 Å². The van der Waals surface area contributed by atoms with Crippen molar-refractivity contribution in [3.05, 3.63) is 58.6 Å². The molecule has 0 unspecified atom stereocenters. The summed E-state index contributed by atoms with van der Waals surface area (Å²) in [5.74, 6) is -0.227. The van der Waals surface area contributed by atoms with Crippen LogP contribution in [0, 0.1) is 0 Å². The molecule has 0 bridgehead atoms. The highest BCUT2D eigenvalue weighted by Crippen LogP contribution is 2.20. The average Bonchev–Trinajstić information content (AvgIpc) is 2.81. The highest BCUT2D eigenvalue weighted by Gasteiger charge is 2.28. The average molecular weight is 536 g/mol. The van der Waals surface area contributed by atoms with Gasteiger partial charge in [-0.05, 0) is 55.8 Å². The van der Waals surface area contributed by atoms with Crippen LogP contribution < -0.4 is 10.3 Å². The van der Waals surface area contributed by atoms with Gasteiger partial charge in [0.1, 0.15) is 0 Å². The van der Waals surface area contributed by atoms with E-state index < -0.39 is 10.0 Å². The number of anilines is 1. The van der Waals surface area contributed by atoms with E-state index in [0.29, 0.717) is 26.2 Å². The smallest absolute Gasteiger partial charge is 0.254 e. The Labute approximate surface area is 204 Å². The summed E-state index contributed by atoms with van der Waals surface area (Å²) in [5.41, 5.74) is 4.61. The van der Waals surface area contributed by atoms with E-state index in [1.54, 1.807) is 30.5 Å². The van der Waals surface area contributed by atoms with E-state index in [2.05, 4.69) is 45.2 Å². The lowest BCUT2D eigenvalue weighted by Crippen LogP contribution is -2.50. The lowest BCUT2D eigenvalue weighted by Gasteiger charge is -2.33. The second-order valence-electron chi connectivity index (χ2n) is 7.69. The minimum Gasteiger partial charge on any atom is -0.372 e. The molecule has 0 radical (unpaired) electrons. The first-order valence-corrected chi connectivity index (χ1v) is 13.2. The molecule has 10 heteroatoms. The van der Waals surface area contributed by atoms with Crippen LogP contribution in [0.5, 0.6) is 0 Å². The molecular weight excluding hydrogens is 506 g/mol. The molecule has 2 aromatic rings. The molecule has 0 aromatic heterocycles. The van der Waals surface area contributed by atoms with Gasteiger partial charge in [0.2, 0.25) is 10.0 Å². The lowest BCUT2D eigenvalue weighted by atomic mass is 10.2. The van der Waals surface area contributed by atoms with Gasteiger partial charge in [-0.1, -0.05) is 28.1 Å².